The number of aryl methyl sites for hydroxylation is 3. The van der Waals surface area contributed by atoms with Gasteiger partial charge in [-0.2, -0.15) is 0 Å². The molecular weight excluding hydrogens is 396 g/mol. The highest BCUT2D eigenvalue weighted by Gasteiger charge is 2.30. The molecule has 1 aliphatic rings. The van der Waals surface area contributed by atoms with Crippen LogP contribution in [0, 0.1) is 20.8 Å². The van der Waals surface area contributed by atoms with Gasteiger partial charge in [0.1, 0.15) is 11.3 Å². The van der Waals surface area contributed by atoms with E-state index in [2.05, 4.69) is 34.5 Å². The topological polar surface area (TPSA) is 110 Å². The minimum atomic E-state index is -0.0226. The van der Waals surface area contributed by atoms with E-state index in [1.165, 1.54) is 0 Å². The first-order chi connectivity index (χ1) is 14.8. The number of hydrogen-bond donors (Lipinski definition) is 1. The van der Waals surface area contributed by atoms with Gasteiger partial charge in [0.2, 0.25) is 5.95 Å². The monoisotopic (exact) mass is 424 g/mol. The number of rotatable bonds is 5. The summed E-state index contributed by atoms with van der Waals surface area (Å²) < 4.78 is 10.7. The lowest BCUT2D eigenvalue weighted by Gasteiger charge is -2.32. The summed E-state index contributed by atoms with van der Waals surface area (Å²) in [5.41, 5.74) is 3.80. The first kappa shape index (κ1) is 21.0. The van der Waals surface area contributed by atoms with Crippen LogP contribution in [-0.4, -0.2) is 50.2 Å². The second-order valence-corrected chi connectivity index (χ2v) is 8.39. The lowest BCUT2D eigenvalue weighted by Crippen LogP contribution is -2.38. The van der Waals surface area contributed by atoms with Gasteiger partial charge in [-0.25, -0.2) is 9.97 Å². The number of nitrogens with one attached hydrogen (secondary N) is 1. The molecule has 1 aliphatic heterocycles. The number of piperidine rings is 1. The Labute approximate surface area is 181 Å². The average molecular weight is 425 g/mol. The Morgan fingerprint density at radius 3 is 2.48 bits per heavy atom. The van der Waals surface area contributed by atoms with Crippen LogP contribution in [0.25, 0.3) is 11.3 Å². The molecule has 4 rings (SSSR count). The maximum absolute atomic E-state index is 13.0. The molecule has 3 aromatic rings. The van der Waals surface area contributed by atoms with Crippen molar-refractivity contribution < 1.29 is 13.8 Å². The maximum atomic E-state index is 13.0. The molecule has 0 bridgehead atoms. The van der Waals surface area contributed by atoms with Crippen molar-refractivity contribution in [3.8, 4) is 11.3 Å². The largest absolute Gasteiger partial charge is 0.361 e. The Balaban J connectivity index is 1.57. The molecule has 0 saturated carbocycles. The van der Waals surface area contributed by atoms with E-state index in [1.54, 1.807) is 20.0 Å². The molecule has 0 unspecified atom stereocenters. The molecule has 1 N–H and O–H groups in total. The summed E-state index contributed by atoms with van der Waals surface area (Å²) >= 11 is 0. The van der Waals surface area contributed by atoms with Gasteiger partial charge in [0.15, 0.2) is 5.76 Å². The molecule has 164 valence electrons. The molecule has 1 saturated heterocycles. The summed E-state index contributed by atoms with van der Waals surface area (Å²) in [5, 5.41) is 11.2. The van der Waals surface area contributed by atoms with Crippen molar-refractivity contribution in [2.45, 2.75) is 59.4 Å². The van der Waals surface area contributed by atoms with Gasteiger partial charge in [0, 0.05) is 37.3 Å². The number of carbonyl (C=O) groups is 1. The molecular formula is C22H28N6O3. The van der Waals surface area contributed by atoms with Crippen LogP contribution in [0.5, 0.6) is 0 Å². The molecule has 0 atom stereocenters. The van der Waals surface area contributed by atoms with Crippen LogP contribution in [-0.2, 0) is 0 Å². The first-order valence-corrected chi connectivity index (χ1v) is 10.6. The average Bonchev–Trinajstić information content (AvgIpc) is 3.32. The Kier molecular flexibility index (Phi) is 5.75. The third-order valence-corrected chi connectivity index (χ3v) is 5.55. The molecule has 0 spiro atoms. The van der Waals surface area contributed by atoms with Gasteiger partial charge in [-0.3, -0.25) is 4.79 Å². The van der Waals surface area contributed by atoms with E-state index in [-0.39, 0.29) is 17.9 Å². The van der Waals surface area contributed by atoms with Crippen molar-refractivity contribution in [1.29, 1.82) is 0 Å². The Morgan fingerprint density at radius 1 is 1.16 bits per heavy atom. The van der Waals surface area contributed by atoms with Gasteiger partial charge < -0.3 is 19.3 Å². The quantitative estimate of drug-likeness (QED) is 0.657. The van der Waals surface area contributed by atoms with Gasteiger partial charge in [-0.05, 0) is 47.5 Å². The predicted molar refractivity (Wildman–Crippen MR) is 115 cm³/mol. The molecule has 31 heavy (non-hydrogen) atoms. The zero-order valence-corrected chi connectivity index (χ0v) is 18.6. The molecule has 4 heterocycles. The van der Waals surface area contributed by atoms with Gasteiger partial charge >= 0.3 is 0 Å². The lowest BCUT2D eigenvalue weighted by atomic mass is 9.90. The van der Waals surface area contributed by atoms with E-state index in [0.29, 0.717) is 41.8 Å². The molecule has 1 fully saturated rings. The highest BCUT2D eigenvalue weighted by atomic mass is 16.5. The second kappa shape index (κ2) is 8.49. The number of nitrogens with zero attached hydrogens (tertiary/aromatic N) is 5. The van der Waals surface area contributed by atoms with Crippen molar-refractivity contribution >= 4 is 11.9 Å². The number of amides is 1. The smallest absolute Gasteiger partial charge is 0.259 e. The summed E-state index contributed by atoms with van der Waals surface area (Å²) in [5.74, 6) is 1.99. The third kappa shape index (κ3) is 4.30. The number of hydrogen-bond acceptors (Lipinski definition) is 8. The number of aromatic nitrogens is 4. The van der Waals surface area contributed by atoms with E-state index in [9.17, 15) is 4.79 Å². The van der Waals surface area contributed by atoms with Crippen LogP contribution in [0.3, 0.4) is 0 Å². The van der Waals surface area contributed by atoms with Gasteiger partial charge in [-0.15, -0.1) is 0 Å². The first-order valence-electron chi connectivity index (χ1n) is 10.6. The molecule has 0 radical (unpaired) electrons. The second-order valence-electron chi connectivity index (χ2n) is 8.39. The molecule has 1 amide bonds. The van der Waals surface area contributed by atoms with Crippen molar-refractivity contribution in [2.24, 2.45) is 0 Å². The van der Waals surface area contributed by atoms with Crippen molar-refractivity contribution in [1.82, 2.24) is 25.2 Å². The van der Waals surface area contributed by atoms with Gasteiger partial charge in [-0.1, -0.05) is 10.3 Å². The van der Waals surface area contributed by atoms with Crippen LogP contribution in [0.4, 0.5) is 5.95 Å². The van der Waals surface area contributed by atoms with E-state index >= 15 is 0 Å². The Bertz CT molecular complexity index is 1060. The van der Waals surface area contributed by atoms with Gasteiger partial charge in [0.05, 0.1) is 22.6 Å². The molecule has 9 nitrogen and oxygen atoms in total. The Hall–Kier alpha value is -3.23. The zero-order valence-electron chi connectivity index (χ0n) is 18.6. The number of anilines is 1. The molecule has 9 heteroatoms. The van der Waals surface area contributed by atoms with Crippen LogP contribution >= 0.6 is 0 Å². The van der Waals surface area contributed by atoms with E-state index in [0.717, 1.165) is 29.8 Å². The van der Waals surface area contributed by atoms with Crippen molar-refractivity contribution in [3.05, 3.63) is 40.7 Å². The molecule has 0 aliphatic carbocycles. The summed E-state index contributed by atoms with van der Waals surface area (Å²) in [6, 6.07) is 2.12. The summed E-state index contributed by atoms with van der Waals surface area (Å²) in [6.45, 7) is 10.8. The van der Waals surface area contributed by atoms with E-state index < -0.39 is 0 Å². The molecule has 0 aromatic carbocycles. The van der Waals surface area contributed by atoms with Crippen LogP contribution in [0.1, 0.15) is 65.8 Å². The highest BCUT2D eigenvalue weighted by molar-refractivity contribution is 5.96. The van der Waals surface area contributed by atoms with Crippen molar-refractivity contribution in [3.63, 3.8) is 0 Å². The van der Waals surface area contributed by atoms with Gasteiger partial charge in [0.25, 0.3) is 5.91 Å². The summed E-state index contributed by atoms with van der Waals surface area (Å²) in [7, 11) is 0. The third-order valence-electron chi connectivity index (χ3n) is 5.55. The normalized spacial score (nSPS) is 15.0. The standard InChI is InChI=1S/C22H28N6O3/c1-12(2)24-22-23-11-17(18-10-13(3)26-31-18)20(25-22)16-6-8-28(9-7-16)21(29)19-14(4)27-30-15(19)5/h10-12,16H,6-9H2,1-5H3,(H,23,24,25). The predicted octanol–water partition coefficient (Wildman–Crippen LogP) is 3.88. The van der Waals surface area contributed by atoms with Crippen LogP contribution < -0.4 is 5.32 Å². The fourth-order valence-corrected chi connectivity index (χ4v) is 4.02. The number of carbonyl (C=O) groups excluding carboxylic acids is 1. The zero-order chi connectivity index (χ0) is 22.1. The molecule has 3 aromatic heterocycles. The highest BCUT2D eigenvalue weighted by Crippen LogP contribution is 2.35. The van der Waals surface area contributed by atoms with Crippen LogP contribution in [0.2, 0.25) is 0 Å². The fourth-order valence-electron chi connectivity index (χ4n) is 4.02. The SMILES string of the molecule is Cc1cc(-c2cnc(NC(C)C)nc2C2CCN(C(=O)c3c(C)noc3C)CC2)on1. The van der Waals surface area contributed by atoms with Crippen LogP contribution in [0.15, 0.2) is 21.3 Å². The fraction of sp³-hybridized carbons (Fsp3) is 0.500. The minimum Gasteiger partial charge on any atom is -0.361 e. The Morgan fingerprint density at radius 2 is 1.90 bits per heavy atom. The maximum Gasteiger partial charge on any atom is 0.259 e. The van der Waals surface area contributed by atoms with E-state index in [4.69, 9.17) is 14.0 Å². The summed E-state index contributed by atoms with van der Waals surface area (Å²) in [4.78, 5) is 24.1. The van der Waals surface area contributed by atoms with Crippen molar-refractivity contribution in [2.75, 3.05) is 18.4 Å². The minimum absolute atomic E-state index is 0.0226. The summed E-state index contributed by atoms with van der Waals surface area (Å²) in [6.07, 6.45) is 3.40. The number of likely N-dealkylation sites (tertiary alicyclic amines) is 1. The van der Waals surface area contributed by atoms with E-state index in [1.807, 2.05) is 17.9 Å². The lowest BCUT2D eigenvalue weighted by molar-refractivity contribution is 0.0709.